The maximum atomic E-state index is 13.3. The lowest BCUT2D eigenvalue weighted by molar-refractivity contribution is -0.138. The van der Waals surface area contributed by atoms with Gasteiger partial charge in [-0.25, -0.2) is 0 Å². The van der Waals surface area contributed by atoms with E-state index < -0.39 is 17.7 Å². The third kappa shape index (κ3) is 3.74. The summed E-state index contributed by atoms with van der Waals surface area (Å²) in [6, 6.07) is 12.2. The van der Waals surface area contributed by atoms with Crippen molar-refractivity contribution < 1.29 is 22.8 Å². The Kier molecular flexibility index (Phi) is 4.61. The number of hydrogen-bond acceptors (Lipinski definition) is 2. The van der Waals surface area contributed by atoms with Crippen LogP contribution in [0.25, 0.3) is 0 Å². The molecule has 7 heteroatoms. The SMILES string of the molecule is O=C1CC(C(=O)N(Cc2ccc(C(F)(F)F)cc2)C2CC2)c2ccccc2N1. The maximum absolute atomic E-state index is 13.3. The van der Waals surface area contributed by atoms with Gasteiger partial charge in [0.25, 0.3) is 0 Å². The molecule has 0 spiro atoms. The van der Waals surface area contributed by atoms with Gasteiger partial charge in [-0.1, -0.05) is 30.3 Å². The highest BCUT2D eigenvalue weighted by Crippen LogP contribution is 2.37. The molecule has 2 aliphatic rings. The van der Waals surface area contributed by atoms with E-state index in [9.17, 15) is 22.8 Å². The number of amides is 2. The molecule has 1 saturated carbocycles. The summed E-state index contributed by atoms with van der Waals surface area (Å²) in [5.74, 6) is -0.924. The zero-order chi connectivity index (χ0) is 19.9. The van der Waals surface area contributed by atoms with E-state index in [1.165, 1.54) is 12.1 Å². The Bertz CT molecular complexity index is 905. The number of nitrogens with one attached hydrogen (secondary N) is 1. The first kappa shape index (κ1) is 18.5. The fourth-order valence-corrected chi connectivity index (χ4v) is 3.60. The van der Waals surface area contributed by atoms with E-state index in [0.717, 1.165) is 30.5 Å². The number of benzene rings is 2. The van der Waals surface area contributed by atoms with Crippen LogP contribution in [0.1, 0.15) is 41.9 Å². The van der Waals surface area contributed by atoms with Gasteiger partial charge >= 0.3 is 6.18 Å². The number of anilines is 1. The molecule has 1 heterocycles. The highest BCUT2D eigenvalue weighted by molar-refractivity contribution is 6.01. The van der Waals surface area contributed by atoms with Gasteiger partial charge in [-0.2, -0.15) is 13.2 Å². The Morgan fingerprint density at radius 1 is 1.07 bits per heavy atom. The van der Waals surface area contributed by atoms with Crippen molar-refractivity contribution in [3.8, 4) is 0 Å². The number of alkyl halides is 3. The molecule has 1 unspecified atom stereocenters. The average molecular weight is 388 g/mol. The first-order chi connectivity index (χ1) is 13.3. The number of nitrogens with zero attached hydrogens (tertiary/aromatic N) is 1. The molecule has 146 valence electrons. The van der Waals surface area contributed by atoms with E-state index in [-0.39, 0.29) is 30.8 Å². The zero-order valence-corrected chi connectivity index (χ0v) is 15.0. The molecular weight excluding hydrogens is 369 g/mol. The van der Waals surface area contributed by atoms with Crippen LogP contribution in [-0.2, 0) is 22.3 Å². The second-order valence-electron chi connectivity index (χ2n) is 7.28. The minimum Gasteiger partial charge on any atom is -0.335 e. The van der Waals surface area contributed by atoms with Crippen molar-refractivity contribution in [2.24, 2.45) is 0 Å². The predicted molar refractivity (Wildman–Crippen MR) is 97.4 cm³/mol. The van der Waals surface area contributed by atoms with Gasteiger partial charge in [-0.15, -0.1) is 0 Å². The van der Waals surface area contributed by atoms with Crippen molar-refractivity contribution in [3.05, 3.63) is 65.2 Å². The summed E-state index contributed by atoms with van der Waals surface area (Å²) in [6.07, 6.45) is -2.57. The van der Waals surface area contributed by atoms with Crippen LogP contribution in [0.4, 0.5) is 18.9 Å². The summed E-state index contributed by atoms with van der Waals surface area (Å²) in [7, 11) is 0. The maximum Gasteiger partial charge on any atom is 0.416 e. The number of halogens is 3. The third-order valence-electron chi connectivity index (χ3n) is 5.20. The largest absolute Gasteiger partial charge is 0.416 e. The van der Waals surface area contributed by atoms with Crippen molar-refractivity contribution in [2.75, 3.05) is 5.32 Å². The molecule has 28 heavy (non-hydrogen) atoms. The summed E-state index contributed by atoms with van der Waals surface area (Å²) in [5.41, 5.74) is 1.35. The van der Waals surface area contributed by atoms with E-state index in [0.29, 0.717) is 11.3 Å². The summed E-state index contributed by atoms with van der Waals surface area (Å²) < 4.78 is 38.3. The molecular formula is C21H19F3N2O2. The summed E-state index contributed by atoms with van der Waals surface area (Å²) in [4.78, 5) is 27.0. The average Bonchev–Trinajstić information content (AvgIpc) is 3.49. The fraction of sp³-hybridized carbons (Fsp3) is 0.333. The molecule has 0 bridgehead atoms. The first-order valence-corrected chi connectivity index (χ1v) is 9.18. The second kappa shape index (κ2) is 6.96. The van der Waals surface area contributed by atoms with E-state index in [1.807, 2.05) is 12.1 Å². The van der Waals surface area contributed by atoms with Gasteiger partial charge in [0.2, 0.25) is 11.8 Å². The number of hydrogen-bond donors (Lipinski definition) is 1. The smallest absolute Gasteiger partial charge is 0.335 e. The molecule has 2 amide bonds. The van der Waals surface area contributed by atoms with Crippen LogP contribution in [0.5, 0.6) is 0 Å². The molecule has 0 saturated heterocycles. The molecule has 0 radical (unpaired) electrons. The van der Waals surface area contributed by atoms with Gasteiger partial charge in [0.1, 0.15) is 0 Å². The van der Waals surface area contributed by atoms with Crippen molar-refractivity contribution in [2.45, 2.75) is 43.9 Å². The van der Waals surface area contributed by atoms with Crippen LogP contribution in [0.2, 0.25) is 0 Å². The van der Waals surface area contributed by atoms with Gasteiger partial charge in [-0.05, 0) is 42.2 Å². The van der Waals surface area contributed by atoms with E-state index in [4.69, 9.17) is 0 Å². The normalized spacial score (nSPS) is 19.0. The Labute approximate surface area is 160 Å². The predicted octanol–water partition coefficient (Wildman–Crippen LogP) is 4.32. The lowest BCUT2D eigenvalue weighted by Gasteiger charge is -2.31. The Morgan fingerprint density at radius 3 is 2.39 bits per heavy atom. The molecule has 0 aromatic heterocycles. The van der Waals surface area contributed by atoms with Gasteiger partial charge in [0.05, 0.1) is 11.5 Å². The Balaban J connectivity index is 1.57. The van der Waals surface area contributed by atoms with Crippen LogP contribution >= 0.6 is 0 Å². The minimum absolute atomic E-state index is 0.0755. The topological polar surface area (TPSA) is 49.4 Å². The lowest BCUT2D eigenvalue weighted by Crippen LogP contribution is -2.39. The van der Waals surface area contributed by atoms with Gasteiger partial charge in [0.15, 0.2) is 0 Å². The van der Waals surface area contributed by atoms with Gasteiger partial charge in [-0.3, -0.25) is 9.59 Å². The molecule has 4 nitrogen and oxygen atoms in total. The number of carbonyl (C=O) groups is 2. The molecule has 4 rings (SSSR count). The standard InChI is InChI=1S/C21H19F3N2O2/c22-21(23,24)14-7-5-13(6-8-14)12-26(15-9-10-15)20(28)17-11-19(27)25-18-4-2-1-3-16(17)18/h1-8,15,17H,9-12H2,(H,25,27). The van der Waals surface area contributed by atoms with Crippen molar-refractivity contribution >= 4 is 17.5 Å². The molecule has 1 atom stereocenters. The van der Waals surface area contributed by atoms with E-state index >= 15 is 0 Å². The van der Waals surface area contributed by atoms with Crippen LogP contribution < -0.4 is 5.32 Å². The molecule has 2 aromatic rings. The van der Waals surface area contributed by atoms with Crippen LogP contribution in [0.15, 0.2) is 48.5 Å². The molecule has 1 aliphatic carbocycles. The first-order valence-electron chi connectivity index (χ1n) is 9.18. The van der Waals surface area contributed by atoms with E-state index in [1.54, 1.807) is 17.0 Å². The highest BCUT2D eigenvalue weighted by atomic mass is 19.4. The molecule has 2 aromatic carbocycles. The quantitative estimate of drug-likeness (QED) is 0.848. The second-order valence-corrected chi connectivity index (χ2v) is 7.28. The number of rotatable bonds is 4. The van der Waals surface area contributed by atoms with Crippen molar-refractivity contribution in [3.63, 3.8) is 0 Å². The van der Waals surface area contributed by atoms with Crippen LogP contribution in [0, 0.1) is 0 Å². The monoisotopic (exact) mass is 388 g/mol. The number of para-hydroxylation sites is 1. The number of fused-ring (bicyclic) bond motifs is 1. The Morgan fingerprint density at radius 2 is 1.75 bits per heavy atom. The summed E-state index contributed by atoms with van der Waals surface area (Å²) >= 11 is 0. The minimum atomic E-state index is -4.39. The van der Waals surface area contributed by atoms with Crippen LogP contribution in [-0.4, -0.2) is 22.8 Å². The Hall–Kier alpha value is -2.83. The van der Waals surface area contributed by atoms with Crippen LogP contribution in [0.3, 0.4) is 0 Å². The van der Waals surface area contributed by atoms with Crippen molar-refractivity contribution in [1.82, 2.24) is 4.90 Å². The highest BCUT2D eigenvalue weighted by Gasteiger charge is 2.39. The van der Waals surface area contributed by atoms with Crippen molar-refractivity contribution in [1.29, 1.82) is 0 Å². The van der Waals surface area contributed by atoms with Gasteiger partial charge in [0, 0.05) is 24.7 Å². The summed E-state index contributed by atoms with van der Waals surface area (Å²) in [6.45, 7) is 0.238. The molecule has 1 N–H and O–H groups in total. The zero-order valence-electron chi connectivity index (χ0n) is 15.0. The number of carbonyl (C=O) groups excluding carboxylic acids is 2. The lowest BCUT2D eigenvalue weighted by atomic mass is 9.89. The molecule has 1 aliphatic heterocycles. The fourth-order valence-electron chi connectivity index (χ4n) is 3.60. The van der Waals surface area contributed by atoms with E-state index in [2.05, 4.69) is 5.32 Å². The summed E-state index contributed by atoms with van der Waals surface area (Å²) in [5, 5.41) is 2.78. The molecule has 1 fully saturated rings. The third-order valence-corrected chi connectivity index (χ3v) is 5.20. The van der Waals surface area contributed by atoms with Gasteiger partial charge < -0.3 is 10.2 Å².